The molecule has 3 rings (SSSR count). The number of nitrogens with zero attached hydrogens (tertiary/aromatic N) is 2. The van der Waals surface area contributed by atoms with Crippen LogP contribution in [0.5, 0.6) is 0 Å². The Kier molecular flexibility index (Phi) is 5.09. The van der Waals surface area contributed by atoms with E-state index in [1.165, 1.54) is 4.90 Å². The number of benzene rings is 1. The number of halogens is 1. The van der Waals surface area contributed by atoms with E-state index in [4.69, 9.17) is 17.3 Å². The quantitative estimate of drug-likeness (QED) is 0.679. The number of amides is 1. The first-order valence-electron chi connectivity index (χ1n) is 7.71. The number of thioether (sulfide) groups is 1. The fraction of sp³-hybridized carbons (Fsp3) is 0.412. The molecule has 1 aliphatic rings. The van der Waals surface area contributed by atoms with E-state index in [0.717, 1.165) is 48.9 Å². The van der Waals surface area contributed by atoms with Gasteiger partial charge >= 0.3 is 0 Å². The van der Waals surface area contributed by atoms with Gasteiger partial charge in [-0.15, -0.1) is 11.8 Å². The molecule has 0 unspecified atom stereocenters. The van der Waals surface area contributed by atoms with E-state index in [-0.39, 0.29) is 11.8 Å². The van der Waals surface area contributed by atoms with Gasteiger partial charge in [-0.25, -0.2) is 4.98 Å². The number of aromatic nitrogens is 1. The van der Waals surface area contributed by atoms with Crippen LogP contribution in [0.1, 0.15) is 18.4 Å². The first kappa shape index (κ1) is 16.6. The zero-order valence-electron chi connectivity index (χ0n) is 13.1. The van der Waals surface area contributed by atoms with Gasteiger partial charge in [0, 0.05) is 28.3 Å². The number of piperidine rings is 1. The Bertz CT molecular complexity index is 729. The first-order valence-corrected chi connectivity index (χ1v) is 9.32. The standard InChI is InChI=1S/C17H20ClN3OS/c1-23-14-3-2-12-8-13(16(18)20-15(12)9-14)10-21-6-4-11(5-7-21)17(19)22/h2-3,8-9,11H,4-7,10H2,1H3,(H2,19,22). The fourth-order valence-corrected chi connectivity index (χ4v) is 3.66. The van der Waals surface area contributed by atoms with Crippen LogP contribution in [0.2, 0.25) is 5.15 Å². The number of pyridine rings is 1. The van der Waals surface area contributed by atoms with Gasteiger partial charge in [0.15, 0.2) is 0 Å². The summed E-state index contributed by atoms with van der Waals surface area (Å²) in [5, 5.41) is 1.67. The Hall–Kier alpha value is -1.30. The summed E-state index contributed by atoms with van der Waals surface area (Å²) in [5.41, 5.74) is 7.35. The van der Waals surface area contributed by atoms with Gasteiger partial charge in [-0.05, 0) is 50.4 Å². The zero-order valence-corrected chi connectivity index (χ0v) is 14.7. The molecule has 0 atom stereocenters. The topological polar surface area (TPSA) is 59.2 Å². The molecule has 1 aliphatic heterocycles. The van der Waals surface area contributed by atoms with Crippen molar-refractivity contribution in [2.75, 3.05) is 19.3 Å². The number of fused-ring (bicyclic) bond motifs is 1. The summed E-state index contributed by atoms with van der Waals surface area (Å²) >= 11 is 8.07. The highest BCUT2D eigenvalue weighted by atomic mass is 35.5. The molecule has 0 saturated carbocycles. The smallest absolute Gasteiger partial charge is 0.220 e. The van der Waals surface area contributed by atoms with E-state index in [1.54, 1.807) is 11.8 Å². The van der Waals surface area contributed by atoms with Gasteiger partial charge in [0.05, 0.1) is 5.52 Å². The first-order chi connectivity index (χ1) is 11.1. The molecule has 0 aliphatic carbocycles. The molecule has 122 valence electrons. The summed E-state index contributed by atoms with van der Waals surface area (Å²) in [5.74, 6) is -0.166. The van der Waals surface area contributed by atoms with Crippen LogP contribution in [0.4, 0.5) is 0 Å². The molecule has 6 heteroatoms. The molecule has 1 saturated heterocycles. The van der Waals surface area contributed by atoms with E-state index in [2.05, 4.69) is 34.1 Å². The summed E-state index contributed by atoms with van der Waals surface area (Å²) in [4.78, 5) is 19.3. The molecule has 1 amide bonds. The van der Waals surface area contributed by atoms with E-state index >= 15 is 0 Å². The average Bonchev–Trinajstić information content (AvgIpc) is 2.55. The number of carbonyl (C=O) groups excluding carboxylic acids is 1. The zero-order chi connectivity index (χ0) is 16.4. The Labute approximate surface area is 145 Å². The second-order valence-electron chi connectivity index (χ2n) is 5.95. The summed E-state index contributed by atoms with van der Waals surface area (Å²) in [6.45, 7) is 2.50. The van der Waals surface area contributed by atoms with Gasteiger partial charge in [0.2, 0.25) is 5.91 Å². The number of carbonyl (C=O) groups is 1. The maximum atomic E-state index is 11.2. The molecule has 1 fully saturated rings. The molecular weight excluding hydrogens is 330 g/mol. The second-order valence-corrected chi connectivity index (χ2v) is 7.19. The number of rotatable bonds is 4. The van der Waals surface area contributed by atoms with E-state index in [0.29, 0.717) is 5.15 Å². The SMILES string of the molecule is CSc1ccc2cc(CN3CCC(C(N)=O)CC3)c(Cl)nc2c1. The maximum absolute atomic E-state index is 11.2. The van der Waals surface area contributed by atoms with Crippen LogP contribution in [0.3, 0.4) is 0 Å². The minimum atomic E-state index is -0.181. The lowest BCUT2D eigenvalue weighted by Gasteiger charge is -2.30. The number of likely N-dealkylation sites (tertiary alicyclic amines) is 1. The fourth-order valence-electron chi connectivity index (χ4n) is 3.02. The van der Waals surface area contributed by atoms with Gasteiger partial charge in [0.25, 0.3) is 0 Å². The van der Waals surface area contributed by atoms with Gasteiger partial charge in [0.1, 0.15) is 5.15 Å². The number of nitrogens with two attached hydrogens (primary N) is 1. The van der Waals surface area contributed by atoms with Crippen molar-refractivity contribution in [1.29, 1.82) is 0 Å². The van der Waals surface area contributed by atoms with Crippen molar-refractivity contribution in [2.45, 2.75) is 24.3 Å². The van der Waals surface area contributed by atoms with Gasteiger partial charge in [-0.1, -0.05) is 17.7 Å². The minimum Gasteiger partial charge on any atom is -0.369 e. The Morgan fingerprint density at radius 3 is 2.78 bits per heavy atom. The van der Waals surface area contributed by atoms with Crippen LogP contribution < -0.4 is 5.73 Å². The lowest BCUT2D eigenvalue weighted by molar-refractivity contribution is -0.123. The van der Waals surface area contributed by atoms with Crippen LogP contribution in [-0.4, -0.2) is 35.1 Å². The lowest BCUT2D eigenvalue weighted by atomic mass is 9.96. The van der Waals surface area contributed by atoms with Crippen molar-refractivity contribution in [2.24, 2.45) is 11.7 Å². The summed E-state index contributed by atoms with van der Waals surface area (Å²) in [6, 6.07) is 8.38. The third-order valence-corrected chi connectivity index (χ3v) is 5.49. The van der Waals surface area contributed by atoms with Crippen LogP contribution in [0.15, 0.2) is 29.2 Å². The summed E-state index contributed by atoms with van der Waals surface area (Å²) < 4.78 is 0. The molecule has 1 aromatic heterocycles. The van der Waals surface area contributed by atoms with Crippen molar-refractivity contribution in [3.8, 4) is 0 Å². The van der Waals surface area contributed by atoms with Gasteiger partial charge < -0.3 is 5.73 Å². The number of primary amides is 1. The molecule has 0 spiro atoms. The molecule has 23 heavy (non-hydrogen) atoms. The average molecular weight is 350 g/mol. The monoisotopic (exact) mass is 349 g/mol. The highest BCUT2D eigenvalue weighted by Crippen LogP contribution is 2.27. The third-order valence-electron chi connectivity index (χ3n) is 4.43. The van der Waals surface area contributed by atoms with Crippen LogP contribution >= 0.6 is 23.4 Å². The van der Waals surface area contributed by atoms with Crippen molar-refractivity contribution < 1.29 is 4.79 Å². The number of hydrogen-bond donors (Lipinski definition) is 1. The van der Waals surface area contributed by atoms with Crippen molar-refractivity contribution in [3.05, 3.63) is 35.0 Å². The second kappa shape index (κ2) is 7.07. The van der Waals surface area contributed by atoms with Crippen molar-refractivity contribution in [1.82, 2.24) is 9.88 Å². The lowest BCUT2D eigenvalue weighted by Crippen LogP contribution is -2.38. The van der Waals surface area contributed by atoms with Crippen LogP contribution in [-0.2, 0) is 11.3 Å². The highest BCUT2D eigenvalue weighted by molar-refractivity contribution is 7.98. The van der Waals surface area contributed by atoms with Crippen molar-refractivity contribution >= 4 is 40.2 Å². The molecule has 2 aromatic rings. The third kappa shape index (κ3) is 3.79. The predicted molar refractivity (Wildman–Crippen MR) is 95.7 cm³/mol. The molecule has 1 aromatic carbocycles. The Morgan fingerprint density at radius 2 is 2.13 bits per heavy atom. The summed E-state index contributed by atoms with van der Waals surface area (Å²) in [7, 11) is 0. The van der Waals surface area contributed by atoms with Gasteiger partial charge in [-0.3, -0.25) is 9.69 Å². The van der Waals surface area contributed by atoms with E-state index in [1.807, 2.05) is 6.26 Å². The summed E-state index contributed by atoms with van der Waals surface area (Å²) in [6.07, 6.45) is 3.70. The predicted octanol–water partition coefficient (Wildman–Crippen LogP) is 3.31. The van der Waals surface area contributed by atoms with Gasteiger partial charge in [-0.2, -0.15) is 0 Å². The molecule has 2 heterocycles. The van der Waals surface area contributed by atoms with E-state index < -0.39 is 0 Å². The largest absolute Gasteiger partial charge is 0.369 e. The molecular formula is C17H20ClN3OS. The molecule has 4 nitrogen and oxygen atoms in total. The molecule has 0 bridgehead atoms. The van der Waals surface area contributed by atoms with Crippen molar-refractivity contribution in [3.63, 3.8) is 0 Å². The normalized spacial score (nSPS) is 16.8. The van der Waals surface area contributed by atoms with E-state index in [9.17, 15) is 4.79 Å². The Morgan fingerprint density at radius 1 is 1.39 bits per heavy atom. The van der Waals surface area contributed by atoms with Crippen LogP contribution in [0.25, 0.3) is 10.9 Å². The number of hydrogen-bond acceptors (Lipinski definition) is 4. The van der Waals surface area contributed by atoms with Crippen LogP contribution in [0, 0.1) is 5.92 Å². The Balaban J connectivity index is 1.75. The minimum absolute atomic E-state index is 0.0152. The highest BCUT2D eigenvalue weighted by Gasteiger charge is 2.23. The maximum Gasteiger partial charge on any atom is 0.220 e. The molecule has 0 radical (unpaired) electrons. The molecule has 2 N–H and O–H groups in total.